The molecule has 1 atom stereocenters. The van der Waals surface area contributed by atoms with Crippen LogP contribution in [0, 0.1) is 0 Å². The van der Waals surface area contributed by atoms with Gasteiger partial charge < -0.3 is 15.2 Å². The number of nitrogens with one attached hydrogen (secondary N) is 1. The number of carbonyl (C=O) groups excluding carboxylic acids is 1. The SMILES string of the molecule is COCc1cccc(C(=O)NCC(C)O)c1. The van der Waals surface area contributed by atoms with E-state index in [2.05, 4.69) is 5.32 Å². The number of hydrogen-bond donors (Lipinski definition) is 2. The van der Waals surface area contributed by atoms with E-state index < -0.39 is 6.10 Å². The molecular formula is C12H17NO3. The van der Waals surface area contributed by atoms with Crippen molar-refractivity contribution in [1.29, 1.82) is 0 Å². The maximum Gasteiger partial charge on any atom is 0.251 e. The van der Waals surface area contributed by atoms with Crippen molar-refractivity contribution in [1.82, 2.24) is 5.32 Å². The number of aliphatic hydroxyl groups excluding tert-OH is 1. The summed E-state index contributed by atoms with van der Waals surface area (Å²) in [5.74, 6) is -0.182. The lowest BCUT2D eigenvalue weighted by molar-refractivity contribution is 0.0923. The summed E-state index contributed by atoms with van der Waals surface area (Å²) in [5.41, 5.74) is 1.53. The first-order chi connectivity index (χ1) is 7.63. The zero-order chi connectivity index (χ0) is 12.0. The Morgan fingerprint density at radius 1 is 1.56 bits per heavy atom. The van der Waals surface area contributed by atoms with Crippen molar-refractivity contribution in [2.75, 3.05) is 13.7 Å². The number of aliphatic hydroxyl groups is 1. The third-order valence-electron chi connectivity index (χ3n) is 2.06. The lowest BCUT2D eigenvalue weighted by atomic mass is 10.1. The van der Waals surface area contributed by atoms with Crippen molar-refractivity contribution in [3.8, 4) is 0 Å². The van der Waals surface area contributed by atoms with Crippen molar-refractivity contribution >= 4 is 5.91 Å². The second kappa shape index (κ2) is 6.25. The molecule has 2 N–H and O–H groups in total. The van der Waals surface area contributed by atoms with Gasteiger partial charge in [0.25, 0.3) is 5.91 Å². The number of methoxy groups -OCH3 is 1. The van der Waals surface area contributed by atoms with E-state index in [1.807, 2.05) is 12.1 Å². The molecule has 0 aliphatic carbocycles. The predicted octanol–water partition coefficient (Wildman–Crippen LogP) is 0.944. The zero-order valence-electron chi connectivity index (χ0n) is 9.56. The van der Waals surface area contributed by atoms with Gasteiger partial charge in [-0.25, -0.2) is 0 Å². The van der Waals surface area contributed by atoms with Gasteiger partial charge in [-0.2, -0.15) is 0 Å². The molecule has 0 fully saturated rings. The second-order valence-corrected chi connectivity index (χ2v) is 3.69. The van der Waals surface area contributed by atoms with Gasteiger partial charge in [0, 0.05) is 19.2 Å². The number of rotatable bonds is 5. The highest BCUT2D eigenvalue weighted by atomic mass is 16.5. The van der Waals surface area contributed by atoms with Crippen LogP contribution in [0.3, 0.4) is 0 Å². The lowest BCUT2D eigenvalue weighted by Gasteiger charge is -2.08. The molecule has 88 valence electrons. The van der Waals surface area contributed by atoms with Gasteiger partial charge in [0.05, 0.1) is 12.7 Å². The molecule has 0 saturated heterocycles. The quantitative estimate of drug-likeness (QED) is 0.781. The highest BCUT2D eigenvalue weighted by Gasteiger charge is 2.06. The zero-order valence-corrected chi connectivity index (χ0v) is 9.56. The average Bonchev–Trinajstić information content (AvgIpc) is 2.26. The van der Waals surface area contributed by atoms with Crippen LogP contribution < -0.4 is 5.32 Å². The van der Waals surface area contributed by atoms with Crippen LogP contribution in [-0.4, -0.2) is 30.8 Å². The van der Waals surface area contributed by atoms with Crippen LogP contribution in [0.5, 0.6) is 0 Å². The fourth-order valence-electron chi connectivity index (χ4n) is 1.31. The average molecular weight is 223 g/mol. The van der Waals surface area contributed by atoms with Gasteiger partial charge >= 0.3 is 0 Å². The van der Waals surface area contributed by atoms with Crippen molar-refractivity contribution < 1.29 is 14.6 Å². The van der Waals surface area contributed by atoms with Crippen LogP contribution in [0.15, 0.2) is 24.3 Å². The molecule has 1 rings (SSSR count). The maximum atomic E-state index is 11.6. The molecule has 4 nitrogen and oxygen atoms in total. The van der Waals surface area contributed by atoms with E-state index in [4.69, 9.17) is 9.84 Å². The highest BCUT2D eigenvalue weighted by Crippen LogP contribution is 2.06. The predicted molar refractivity (Wildman–Crippen MR) is 61.2 cm³/mol. The number of benzene rings is 1. The molecule has 16 heavy (non-hydrogen) atoms. The maximum absolute atomic E-state index is 11.6. The summed E-state index contributed by atoms with van der Waals surface area (Å²) < 4.78 is 4.99. The van der Waals surface area contributed by atoms with E-state index in [1.165, 1.54) is 0 Å². The third kappa shape index (κ3) is 4.00. The number of carbonyl (C=O) groups is 1. The molecule has 4 heteroatoms. The Balaban J connectivity index is 2.64. The third-order valence-corrected chi connectivity index (χ3v) is 2.06. The number of ether oxygens (including phenoxy) is 1. The second-order valence-electron chi connectivity index (χ2n) is 3.69. The Morgan fingerprint density at radius 3 is 2.94 bits per heavy atom. The molecule has 1 unspecified atom stereocenters. The van der Waals surface area contributed by atoms with E-state index in [0.29, 0.717) is 12.2 Å². The largest absolute Gasteiger partial charge is 0.392 e. The van der Waals surface area contributed by atoms with Gasteiger partial charge in [-0.3, -0.25) is 4.79 Å². The molecule has 0 spiro atoms. The number of amides is 1. The summed E-state index contributed by atoms with van der Waals surface area (Å²) in [5, 5.41) is 11.7. The fraction of sp³-hybridized carbons (Fsp3) is 0.417. The minimum absolute atomic E-state index is 0.182. The Labute approximate surface area is 95.2 Å². The van der Waals surface area contributed by atoms with E-state index in [9.17, 15) is 4.79 Å². The minimum Gasteiger partial charge on any atom is -0.392 e. The van der Waals surface area contributed by atoms with E-state index in [-0.39, 0.29) is 12.5 Å². The summed E-state index contributed by atoms with van der Waals surface area (Å²) in [4.78, 5) is 11.6. The lowest BCUT2D eigenvalue weighted by Crippen LogP contribution is -2.30. The van der Waals surface area contributed by atoms with E-state index in [1.54, 1.807) is 26.2 Å². The van der Waals surface area contributed by atoms with Crippen molar-refractivity contribution in [3.05, 3.63) is 35.4 Å². The molecule has 0 radical (unpaired) electrons. The van der Waals surface area contributed by atoms with Crippen LogP contribution in [0.1, 0.15) is 22.8 Å². The summed E-state index contributed by atoms with van der Waals surface area (Å²) in [7, 11) is 1.61. The van der Waals surface area contributed by atoms with Crippen LogP contribution in [0.25, 0.3) is 0 Å². The highest BCUT2D eigenvalue weighted by molar-refractivity contribution is 5.94. The normalized spacial score (nSPS) is 12.2. The topological polar surface area (TPSA) is 58.6 Å². The van der Waals surface area contributed by atoms with Crippen LogP contribution in [-0.2, 0) is 11.3 Å². The van der Waals surface area contributed by atoms with Crippen LogP contribution >= 0.6 is 0 Å². The number of hydrogen-bond acceptors (Lipinski definition) is 3. The van der Waals surface area contributed by atoms with Crippen molar-refractivity contribution in [3.63, 3.8) is 0 Å². The fourth-order valence-corrected chi connectivity index (χ4v) is 1.31. The molecule has 0 aromatic heterocycles. The Morgan fingerprint density at radius 2 is 2.31 bits per heavy atom. The van der Waals surface area contributed by atoms with Crippen molar-refractivity contribution in [2.24, 2.45) is 0 Å². The van der Waals surface area contributed by atoms with Crippen molar-refractivity contribution in [2.45, 2.75) is 19.6 Å². The molecule has 1 aromatic rings. The molecule has 1 amide bonds. The molecule has 0 aliphatic rings. The summed E-state index contributed by atoms with van der Waals surface area (Å²) in [6, 6.07) is 7.22. The minimum atomic E-state index is -0.536. The molecule has 0 aliphatic heterocycles. The van der Waals surface area contributed by atoms with Gasteiger partial charge in [-0.15, -0.1) is 0 Å². The van der Waals surface area contributed by atoms with Crippen LogP contribution in [0.2, 0.25) is 0 Å². The summed E-state index contributed by atoms with van der Waals surface area (Å²) >= 11 is 0. The van der Waals surface area contributed by atoms with Gasteiger partial charge in [0.2, 0.25) is 0 Å². The van der Waals surface area contributed by atoms with Gasteiger partial charge in [-0.1, -0.05) is 12.1 Å². The first-order valence-corrected chi connectivity index (χ1v) is 5.17. The summed E-state index contributed by atoms with van der Waals surface area (Å²) in [6.07, 6.45) is -0.536. The van der Waals surface area contributed by atoms with Gasteiger partial charge in [0.15, 0.2) is 0 Å². The van der Waals surface area contributed by atoms with Crippen LogP contribution in [0.4, 0.5) is 0 Å². The molecule has 0 saturated carbocycles. The molecule has 0 heterocycles. The molecule has 1 aromatic carbocycles. The Kier molecular flexibility index (Phi) is 4.95. The standard InChI is InChI=1S/C12H17NO3/c1-9(14)7-13-12(15)11-5-3-4-10(6-11)8-16-2/h3-6,9,14H,7-8H2,1-2H3,(H,13,15). The Hall–Kier alpha value is -1.39. The van der Waals surface area contributed by atoms with Gasteiger partial charge in [0.1, 0.15) is 0 Å². The first-order valence-electron chi connectivity index (χ1n) is 5.17. The monoisotopic (exact) mass is 223 g/mol. The summed E-state index contributed by atoms with van der Waals surface area (Å²) in [6.45, 7) is 2.37. The smallest absolute Gasteiger partial charge is 0.251 e. The van der Waals surface area contributed by atoms with E-state index in [0.717, 1.165) is 5.56 Å². The first kappa shape index (κ1) is 12.7. The molecule has 0 bridgehead atoms. The Bertz CT molecular complexity index is 350. The van der Waals surface area contributed by atoms with Gasteiger partial charge in [-0.05, 0) is 24.6 Å². The molecular weight excluding hydrogens is 206 g/mol. The van der Waals surface area contributed by atoms with E-state index >= 15 is 0 Å².